The molecule has 34 heavy (non-hydrogen) atoms. The lowest BCUT2D eigenvalue weighted by Gasteiger charge is -2.44. The van der Waals surface area contributed by atoms with Gasteiger partial charge in [-0.15, -0.1) is 0 Å². The number of benzene rings is 2. The summed E-state index contributed by atoms with van der Waals surface area (Å²) >= 11 is 0. The van der Waals surface area contributed by atoms with Gasteiger partial charge in [-0.25, -0.2) is 9.59 Å². The molecule has 4 rings (SSSR count). The molecule has 6 nitrogen and oxygen atoms in total. The Bertz CT molecular complexity index is 938. The maximum absolute atomic E-state index is 12.4. The van der Waals surface area contributed by atoms with Crippen LogP contribution in [0, 0.1) is 16.7 Å². The molecule has 0 radical (unpaired) electrons. The zero-order chi connectivity index (χ0) is 24.5. The van der Waals surface area contributed by atoms with E-state index in [1.54, 1.807) is 24.3 Å². The van der Waals surface area contributed by atoms with Crippen LogP contribution in [0.15, 0.2) is 48.5 Å². The number of rotatable bonds is 8. The molecule has 2 aromatic carbocycles. The summed E-state index contributed by atoms with van der Waals surface area (Å²) in [5.74, 6) is -0.912. The Balaban J connectivity index is 1.20. The maximum atomic E-state index is 12.4. The molecule has 2 fully saturated rings. The van der Waals surface area contributed by atoms with E-state index in [0.29, 0.717) is 11.1 Å². The Morgan fingerprint density at radius 2 is 1.12 bits per heavy atom. The van der Waals surface area contributed by atoms with Crippen LogP contribution in [0.3, 0.4) is 0 Å². The van der Waals surface area contributed by atoms with Gasteiger partial charge in [0.1, 0.15) is 0 Å². The molecule has 2 atom stereocenters. The van der Waals surface area contributed by atoms with Gasteiger partial charge in [-0.3, -0.25) is 0 Å². The Hall–Kier alpha value is -2.70. The van der Waals surface area contributed by atoms with E-state index in [1.165, 1.54) is 0 Å². The molecule has 0 N–H and O–H groups in total. The molecule has 0 spiro atoms. The van der Waals surface area contributed by atoms with Gasteiger partial charge in [0.2, 0.25) is 0 Å². The van der Waals surface area contributed by atoms with Gasteiger partial charge in [0.15, 0.2) is 0 Å². The third-order valence-corrected chi connectivity index (χ3v) is 6.56. The van der Waals surface area contributed by atoms with Crippen molar-refractivity contribution in [2.45, 2.75) is 46.8 Å². The molecule has 2 unspecified atom stereocenters. The predicted octanol–water partition coefficient (Wildman–Crippen LogP) is 5.53. The normalized spacial score (nSPS) is 23.2. The summed E-state index contributed by atoms with van der Waals surface area (Å²) in [6.45, 7) is 12.3. The fourth-order valence-corrected chi connectivity index (χ4v) is 4.33. The number of esters is 2. The standard InChI is InChI=1S/C28H34O6/c1-18(14-31-25(29)21-10-6-19(7-11-21)23-27(2,3)16-33-23)15-32-26(30)22-12-8-20(9-13-22)24-28(4,5)17-34-24/h6-13,18,23-24H,14-17H2,1-5H3. The topological polar surface area (TPSA) is 71.1 Å². The van der Waals surface area contributed by atoms with E-state index in [1.807, 2.05) is 31.2 Å². The van der Waals surface area contributed by atoms with Crippen molar-refractivity contribution in [3.8, 4) is 0 Å². The number of ether oxygens (including phenoxy) is 4. The van der Waals surface area contributed by atoms with E-state index in [9.17, 15) is 9.59 Å². The highest BCUT2D eigenvalue weighted by molar-refractivity contribution is 5.90. The first-order valence-corrected chi connectivity index (χ1v) is 11.8. The molecule has 2 aliphatic rings. The first kappa shape index (κ1) is 24.4. The van der Waals surface area contributed by atoms with Crippen molar-refractivity contribution in [2.24, 2.45) is 16.7 Å². The lowest BCUT2D eigenvalue weighted by Crippen LogP contribution is -2.40. The molecular weight excluding hydrogens is 432 g/mol. The van der Waals surface area contributed by atoms with Crippen molar-refractivity contribution in [1.82, 2.24) is 0 Å². The van der Waals surface area contributed by atoms with E-state index in [0.717, 1.165) is 24.3 Å². The molecule has 6 heteroatoms. The summed E-state index contributed by atoms with van der Waals surface area (Å²) in [6.07, 6.45) is 0.115. The highest BCUT2D eigenvalue weighted by Gasteiger charge is 2.41. The summed E-state index contributed by atoms with van der Waals surface area (Å²) in [7, 11) is 0. The minimum Gasteiger partial charge on any atom is -0.462 e. The van der Waals surface area contributed by atoms with Crippen LogP contribution in [-0.4, -0.2) is 38.4 Å². The van der Waals surface area contributed by atoms with Crippen molar-refractivity contribution in [2.75, 3.05) is 26.4 Å². The Morgan fingerprint density at radius 3 is 1.38 bits per heavy atom. The smallest absolute Gasteiger partial charge is 0.338 e. The van der Waals surface area contributed by atoms with E-state index >= 15 is 0 Å². The van der Waals surface area contributed by atoms with Gasteiger partial charge in [-0.1, -0.05) is 58.9 Å². The molecule has 2 saturated heterocycles. The zero-order valence-electron chi connectivity index (χ0n) is 20.6. The lowest BCUT2D eigenvalue weighted by atomic mass is 9.79. The van der Waals surface area contributed by atoms with Crippen molar-refractivity contribution in [1.29, 1.82) is 0 Å². The van der Waals surface area contributed by atoms with Gasteiger partial charge in [0, 0.05) is 16.7 Å². The van der Waals surface area contributed by atoms with Crippen molar-refractivity contribution < 1.29 is 28.5 Å². The molecule has 2 heterocycles. The van der Waals surface area contributed by atoms with Crippen molar-refractivity contribution >= 4 is 11.9 Å². The Kier molecular flexibility index (Phi) is 6.83. The molecule has 0 amide bonds. The Morgan fingerprint density at radius 1 is 0.765 bits per heavy atom. The van der Waals surface area contributed by atoms with Gasteiger partial charge < -0.3 is 18.9 Å². The first-order valence-electron chi connectivity index (χ1n) is 11.8. The number of hydrogen-bond acceptors (Lipinski definition) is 6. The molecule has 2 aliphatic heterocycles. The quantitative estimate of drug-likeness (QED) is 0.476. The molecule has 0 bridgehead atoms. The molecular formula is C28H34O6. The van der Waals surface area contributed by atoms with Crippen LogP contribution < -0.4 is 0 Å². The average Bonchev–Trinajstić information content (AvgIpc) is 2.80. The summed E-state index contributed by atoms with van der Waals surface area (Å²) in [5, 5.41) is 0. The van der Waals surface area contributed by atoms with Gasteiger partial charge in [0.05, 0.1) is 49.8 Å². The van der Waals surface area contributed by atoms with Gasteiger partial charge in [-0.2, -0.15) is 0 Å². The van der Waals surface area contributed by atoms with Crippen molar-refractivity contribution in [3.63, 3.8) is 0 Å². The van der Waals surface area contributed by atoms with Crippen LogP contribution in [0.1, 0.15) is 78.7 Å². The molecule has 0 saturated carbocycles. The number of hydrogen-bond donors (Lipinski definition) is 0. The van der Waals surface area contributed by atoms with E-state index in [-0.39, 0.29) is 42.2 Å². The van der Waals surface area contributed by atoms with Crippen molar-refractivity contribution in [3.05, 3.63) is 70.8 Å². The van der Waals surface area contributed by atoms with Crippen LogP contribution in [0.2, 0.25) is 0 Å². The summed E-state index contributed by atoms with van der Waals surface area (Å²) in [6, 6.07) is 14.7. The molecule has 2 aromatic rings. The van der Waals surface area contributed by atoms with Gasteiger partial charge in [-0.05, 0) is 35.4 Å². The van der Waals surface area contributed by atoms with E-state index in [2.05, 4.69) is 27.7 Å². The Labute approximate surface area is 201 Å². The molecule has 0 aliphatic carbocycles. The predicted molar refractivity (Wildman–Crippen MR) is 128 cm³/mol. The second-order valence-corrected chi connectivity index (χ2v) is 10.9. The SMILES string of the molecule is CC(COC(=O)c1ccc(C2OCC2(C)C)cc1)COC(=O)c1ccc(C2OCC2(C)C)cc1. The van der Waals surface area contributed by atoms with Crippen LogP contribution in [0.5, 0.6) is 0 Å². The summed E-state index contributed by atoms with van der Waals surface area (Å²) < 4.78 is 22.1. The van der Waals surface area contributed by atoms with Gasteiger partial charge in [0.25, 0.3) is 0 Å². The second kappa shape index (κ2) is 9.51. The number of carbonyl (C=O) groups is 2. The van der Waals surface area contributed by atoms with Crippen LogP contribution in [0.4, 0.5) is 0 Å². The minimum atomic E-state index is -0.393. The van der Waals surface area contributed by atoms with E-state index in [4.69, 9.17) is 18.9 Å². The number of carbonyl (C=O) groups excluding carboxylic acids is 2. The third kappa shape index (κ3) is 5.18. The minimum absolute atomic E-state index is 0.0573. The average molecular weight is 467 g/mol. The second-order valence-electron chi connectivity index (χ2n) is 10.9. The highest BCUT2D eigenvalue weighted by atomic mass is 16.5. The zero-order valence-corrected chi connectivity index (χ0v) is 20.6. The molecule has 0 aromatic heterocycles. The van der Waals surface area contributed by atoms with Crippen LogP contribution in [-0.2, 0) is 18.9 Å². The summed E-state index contributed by atoms with van der Waals surface area (Å²) in [4.78, 5) is 24.8. The summed E-state index contributed by atoms with van der Waals surface area (Å²) in [5.41, 5.74) is 3.32. The monoisotopic (exact) mass is 466 g/mol. The largest absolute Gasteiger partial charge is 0.462 e. The first-order chi connectivity index (χ1) is 16.1. The third-order valence-electron chi connectivity index (χ3n) is 6.56. The maximum Gasteiger partial charge on any atom is 0.338 e. The van der Waals surface area contributed by atoms with Gasteiger partial charge >= 0.3 is 11.9 Å². The molecule has 182 valence electrons. The highest BCUT2D eigenvalue weighted by Crippen LogP contribution is 2.46. The van der Waals surface area contributed by atoms with E-state index < -0.39 is 11.9 Å². The van der Waals surface area contributed by atoms with Crippen LogP contribution >= 0.6 is 0 Å². The van der Waals surface area contributed by atoms with Crippen LogP contribution in [0.25, 0.3) is 0 Å². The lowest BCUT2D eigenvalue weighted by molar-refractivity contribution is -0.172. The fraction of sp³-hybridized carbons (Fsp3) is 0.500. The fourth-order valence-electron chi connectivity index (χ4n) is 4.33.